The predicted octanol–water partition coefficient (Wildman–Crippen LogP) is -0.225. The summed E-state index contributed by atoms with van der Waals surface area (Å²) in [6.45, 7) is 0. The van der Waals surface area contributed by atoms with Crippen molar-refractivity contribution in [2.75, 3.05) is 5.32 Å². The van der Waals surface area contributed by atoms with Crippen LogP contribution in [0.3, 0.4) is 0 Å². The van der Waals surface area contributed by atoms with Gasteiger partial charge in [-0.2, -0.15) is 0 Å². The van der Waals surface area contributed by atoms with E-state index in [1.165, 1.54) is 18.3 Å². The second kappa shape index (κ2) is 4.19. The molecule has 0 radical (unpaired) electrons. The Morgan fingerprint density at radius 3 is 2.79 bits per heavy atom. The average molecular weight is 196 g/mol. The van der Waals surface area contributed by atoms with Gasteiger partial charge in [0.25, 0.3) is 0 Å². The smallest absolute Gasteiger partial charge is 0.335 e. The van der Waals surface area contributed by atoms with Gasteiger partial charge in [0.05, 0.1) is 5.56 Å². The summed E-state index contributed by atoms with van der Waals surface area (Å²) in [5, 5.41) is 10.9. The molecule has 7 nitrogen and oxygen atoms in total. The molecule has 74 valence electrons. The van der Waals surface area contributed by atoms with Gasteiger partial charge in [-0.05, 0) is 12.1 Å². The number of carbonyl (C=O) groups excluding carboxylic acids is 1. The van der Waals surface area contributed by atoms with Crippen LogP contribution in [0, 0.1) is 0 Å². The molecule has 1 heterocycles. The van der Waals surface area contributed by atoms with E-state index in [-0.39, 0.29) is 11.4 Å². The number of hydrogen-bond acceptors (Lipinski definition) is 4. The van der Waals surface area contributed by atoms with Crippen LogP contribution in [0.5, 0.6) is 0 Å². The number of hydrazine groups is 1. The fraction of sp³-hybridized carbons (Fsp3) is 0. The highest BCUT2D eigenvalue weighted by Gasteiger charge is 2.05. The maximum atomic E-state index is 10.7. The van der Waals surface area contributed by atoms with Crippen LogP contribution in [0.4, 0.5) is 10.6 Å². The quantitative estimate of drug-likeness (QED) is 0.296. The summed E-state index contributed by atoms with van der Waals surface area (Å²) in [4.78, 5) is 25.0. The van der Waals surface area contributed by atoms with Crippen LogP contribution in [-0.2, 0) is 0 Å². The fourth-order valence-electron chi connectivity index (χ4n) is 0.784. The second-order valence-electron chi connectivity index (χ2n) is 2.33. The van der Waals surface area contributed by atoms with Crippen molar-refractivity contribution in [1.29, 1.82) is 0 Å². The van der Waals surface area contributed by atoms with Crippen LogP contribution in [0.1, 0.15) is 10.4 Å². The minimum Gasteiger partial charge on any atom is -0.478 e. The summed E-state index contributed by atoms with van der Waals surface area (Å²) in [6, 6.07) is 1.87. The molecule has 0 aliphatic rings. The number of nitrogens with one attached hydrogen (secondary N) is 2. The number of rotatable bonds is 2. The highest BCUT2D eigenvalue weighted by Crippen LogP contribution is 2.05. The lowest BCUT2D eigenvalue weighted by atomic mass is 10.2. The Morgan fingerprint density at radius 2 is 2.21 bits per heavy atom. The number of nitrogens with two attached hydrogens (primary N) is 1. The molecule has 0 saturated heterocycles. The average Bonchev–Trinajstić information content (AvgIpc) is 2.18. The number of anilines is 1. The molecule has 5 N–H and O–H groups in total. The molecule has 0 saturated carbocycles. The van der Waals surface area contributed by atoms with Crippen LogP contribution in [0.15, 0.2) is 18.3 Å². The number of amides is 2. The molecule has 2 amide bonds. The van der Waals surface area contributed by atoms with Crippen molar-refractivity contribution in [2.45, 2.75) is 0 Å². The summed E-state index contributed by atoms with van der Waals surface area (Å²) in [6.07, 6.45) is 1.27. The Labute approximate surface area is 78.9 Å². The maximum absolute atomic E-state index is 10.7. The summed E-state index contributed by atoms with van der Waals surface area (Å²) in [7, 11) is 0. The zero-order chi connectivity index (χ0) is 10.6. The number of carboxylic acids is 1. The maximum Gasteiger partial charge on any atom is 0.335 e. The van der Waals surface area contributed by atoms with Gasteiger partial charge < -0.3 is 5.11 Å². The summed E-state index contributed by atoms with van der Waals surface area (Å²) >= 11 is 0. The van der Waals surface area contributed by atoms with Crippen LogP contribution in [-0.4, -0.2) is 22.1 Å². The monoisotopic (exact) mass is 196 g/mol. The molecule has 0 bridgehead atoms. The first kappa shape index (κ1) is 9.93. The first-order valence-electron chi connectivity index (χ1n) is 3.60. The standard InChI is InChI=1S/C7H8N4O3/c8-11-7(14)10-5-3-4(6(12)13)1-2-9-5/h1-3H,8H2,(H,12,13)(H2,9,10,11,14). The topological polar surface area (TPSA) is 117 Å². The van der Waals surface area contributed by atoms with Gasteiger partial charge >= 0.3 is 12.0 Å². The lowest BCUT2D eigenvalue weighted by molar-refractivity contribution is 0.0696. The van der Waals surface area contributed by atoms with Gasteiger partial charge in [-0.25, -0.2) is 20.4 Å². The molecule has 0 unspecified atom stereocenters. The van der Waals surface area contributed by atoms with Gasteiger partial charge in [-0.3, -0.25) is 10.7 Å². The molecule has 1 aromatic heterocycles. The Balaban J connectivity index is 2.83. The number of carboxylic acid groups (broad SMARTS) is 1. The Kier molecular flexibility index (Phi) is 2.97. The predicted molar refractivity (Wildman–Crippen MR) is 47.5 cm³/mol. The molecule has 1 rings (SSSR count). The van der Waals surface area contributed by atoms with Gasteiger partial charge in [-0.15, -0.1) is 0 Å². The number of pyridine rings is 1. The van der Waals surface area contributed by atoms with Gasteiger partial charge in [0.15, 0.2) is 0 Å². The number of nitrogens with zero attached hydrogens (tertiary/aromatic N) is 1. The number of hydrogen-bond donors (Lipinski definition) is 4. The zero-order valence-electron chi connectivity index (χ0n) is 7.02. The summed E-state index contributed by atoms with van der Waals surface area (Å²) in [5.41, 5.74) is 1.86. The van der Waals surface area contributed by atoms with Crippen LogP contribution < -0.4 is 16.6 Å². The van der Waals surface area contributed by atoms with Crippen LogP contribution >= 0.6 is 0 Å². The third-order valence-electron chi connectivity index (χ3n) is 1.38. The number of aromatic carboxylic acids is 1. The van der Waals surface area contributed by atoms with Crippen molar-refractivity contribution < 1.29 is 14.7 Å². The van der Waals surface area contributed by atoms with Gasteiger partial charge in [0, 0.05) is 6.20 Å². The van der Waals surface area contributed by atoms with Gasteiger partial charge in [-0.1, -0.05) is 0 Å². The number of aromatic nitrogens is 1. The summed E-state index contributed by atoms with van der Waals surface area (Å²) in [5.74, 6) is 3.84. The van der Waals surface area contributed by atoms with Crippen molar-refractivity contribution >= 4 is 17.8 Å². The molecule has 0 atom stereocenters. The summed E-state index contributed by atoms with van der Waals surface area (Å²) < 4.78 is 0. The second-order valence-corrected chi connectivity index (χ2v) is 2.33. The fourth-order valence-corrected chi connectivity index (χ4v) is 0.784. The molecule has 1 aromatic rings. The van der Waals surface area contributed by atoms with Crippen molar-refractivity contribution in [2.24, 2.45) is 5.84 Å². The third kappa shape index (κ3) is 2.42. The molecule has 0 aliphatic carbocycles. The first-order chi connectivity index (χ1) is 6.63. The number of carbonyl (C=O) groups is 2. The van der Waals surface area contributed by atoms with Crippen molar-refractivity contribution in [3.05, 3.63) is 23.9 Å². The minimum absolute atomic E-state index is 0.0346. The zero-order valence-corrected chi connectivity index (χ0v) is 7.02. The molecule has 0 aliphatic heterocycles. The van der Waals surface area contributed by atoms with Crippen LogP contribution in [0.2, 0.25) is 0 Å². The van der Waals surface area contributed by atoms with E-state index in [0.717, 1.165) is 0 Å². The highest BCUT2D eigenvalue weighted by atomic mass is 16.4. The molecule has 0 spiro atoms. The Morgan fingerprint density at radius 1 is 1.50 bits per heavy atom. The van der Waals surface area contributed by atoms with Crippen molar-refractivity contribution in [3.63, 3.8) is 0 Å². The normalized spacial score (nSPS) is 9.21. The minimum atomic E-state index is -1.09. The van der Waals surface area contributed by atoms with Crippen LogP contribution in [0.25, 0.3) is 0 Å². The van der Waals surface area contributed by atoms with E-state index in [2.05, 4.69) is 10.3 Å². The van der Waals surface area contributed by atoms with E-state index < -0.39 is 12.0 Å². The molecule has 0 aromatic carbocycles. The van der Waals surface area contributed by atoms with E-state index in [1.54, 1.807) is 0 Å². The first-order valence-corrected chi connectivity index (χ1v) is 3.60. The van der Waals surface area contributed by atoms with E-state index in [9.17, 15) is 9.59 Å². The molecule has 7 heteroatoms. The molecule has 0 fully saturated rings. The molecule has 14 heavy (non-hydrogen) atoms. The largest absolute Gasteiger partial charge is 0.478 e. The van der Waals surface area contributed by atoms with E-state index in [0.29, 0.717) is 0 Å². The Hall–Kier alpha value is -2.15. The molecular formula is C7H8N4O3. The SMILES string of the molecule is NNC(=O)Nc1cc(C(=O)O)ccn1. The lowest BCUT2D eigenvalue weighted by Crippen LogP contribution is -2.34. The Bertz CT molecular complexity index is 366. The molecular weight excluding hydrogens is 188 g/mol. The lowest BCUT2D eigenvalue weighted by Gasteiger charge is -2.02. The van der Waals surface area contributed by atoms with Gasteiger partial charge in [0.1, 0.15) is 5.82 Å². The van der Waals surface area contributed by atoms with Crippen molar-refractivity contribution in [3.8, 4) is 0 Å². The van der Waals surface area contributed by atoms with E-state index in [1.807, 2.05) is 5.43 Å². The van der Waals surface area contributed by atoms with E-state index >= 15 is 0 Å². The number of urea groups is 1. The highest BCUT2D eigenvalue weighted by molar-refractivity contribution is 5.91. The third-order valence-corrected chi connectivity index (χ3v) is 1.38. The van der Waals surface area contributed by atoms with Crippen molar-refractivity contribution in [1.82, 2.24) is 10.4 Å². The van der Waals surface area contributed by atoms with Gasteiger partial charge in [0.2, 0.25) is 0 Å². The van der Waals surface area contributed by atoms with E-state index in [4.69, 9.17) is 10.9 Å².